The number of amides is 1. The Morgan fingerprint density at radius 1 is 1.11 bits per heavy atom. The topological polar surface area (TPSA) is 102 Å². The Morgan fingerprint density at radius 3 is 2.44 bits per heavy atom. The fourth-order valence-electron chi connectivity index (χ4n) is 3.34. The third-order valence-electron chi connectivity index (χ3n) is 5.24. The number of ether oxygens (including phenoxy) is 1. The number of rotatable bonds is 8. The quantitative estimate of drug-likeness (QED) is 0.171. The highest BCUT2D eigenvalue weighted by Crippen LogP contribution is 2.34. The smallest absolute Gasteiger partial charge is 0.250 e. The average molecular weight is 566 g/mol. The Balaban J connectivity index is 1.49. The van der Waals surface area contributed by atoms with Crippen LogP contribution in [-0.4, -0.2) is 44.9 Å². The monoisotopic (exact) mass is 565 g/mol. The molecule has 0 atom stereocenters. The number of aromatic hydroxyl groups is 1. The Hall–Kier alpha value is -3.63. The van der Waals surface area contributed by atoms with E-state index in [1.165, 1.54) is 25.1 Å². The number of phenolic OH excluding ortho intramolecular Hbond substituents is 1. The lowest BCUT2D eigenvalue weighted by molar-refractivity contribution is -0.118. The number of aromatic nitrogens is 3. The summed E-state index contributed by atoms with van der Waals surface area (Å²) >= 11 is 4.54. The minimum absolute atomic E-state index is 0.00206. The van der Waals surface area contributed by atoms with Gasteiger partial charge in [0.15, 0.2) is 22.5 Å². The normalized spacial score (nSPS) is 11.1. The van der Waals surface area contributed by atoms with Gasteiger partial charge in [-0.15, -0.1) is 10.2 Å². The second kappa shape index (κ2) is 11.4. The molecule has 3 aromatic carbocycles. The number of thioether (sulfide) groups is 1. The summed E-state index contributed by atoms with van der Waals surface area (Å²) in [5.74, 6) is 0.797. The van der Waals surface area contributed by atoms with Crippen LogP contribution in [0.15, 0.2) is 75.4 Å². The van der Waals surface area contributed by atoms with E-state index in [9.17, 15) is 9.90 Å². The van der Waals surface area contributed by atoms with Gasteiger partial charge < -0.3 is 9.84 Å². The molecule has 0 aliphatic heterocycles. The molecule has 0 saturated carbocycles. The minimum Gasteiger partial charge on any atom is -0.503 e. The molecule has 4 rings (SSSR count). The highest BCUT2D eigenvalue weighted by atomic mass is 79.9. The Bertz CT molecular complexity index is 1400. The summed E-state index contributed by atoms with van der Waals surface area (Å²) in [6.07, 6.45) is 1.47. The van der Waals surface area contributed by atoms with Crippen LogP contribution in [-0.2, 0) is 4.79 Å². The SMILES string of the molecule is COc1cc(/C=N\NC(=O)CSc2nnc(-c3ccc(C)cc3)n2-c2ccc(C)cc2)cc(Br)c1O. The summed E-state index contributed by atoms with van der Waals surface area (Å²) < 4.78 is 7.54. The molecule has 1 heterocycles. The Kier molecular flexibility index (Phi) is 8.07. The fraction of sp³-hybridized carbons (Fsp3) is 0.154. The summed E-state index contributed by atoms with van der Waals surface area (Å²) in [5.41, 5.74) is 7.31. The lowest BCUT2D eigenvalue weighted by Gasteiger charge is -2.11. The Morgan fingerprint density at radius 2 is 1.78 bits per heavy atom. The molecule has 0 aliphatic carbocycles. The van der Waals surface area contributed by atoms with Crippen molar-refractivity contribution in [3.8, 4) is 28.6 Å². The number of carbonyl (C=O) groups excluding carboxylic acids is 1. The molecule has 1 amide bonds. The highest BCUT2D eigenvalue weighted by molar-refractivity contribution is 9.10. The Labute approximate surface area is 221 Å². The van der Waals surface area contributed by atoms with E-state index in [0.717, 1.165) is 22.4 Å². The molecule has 184 valence electrons. The number of halogens is 1. The zero-order valence-corrected chi connectivity index (χ0v) is 22.3. The molecule has 0 fully saturated rings. The van der Waals surface area contributed by atoms with Gasteiger partial charge in [-0.1, -0.05) is 59.3 Å². The van der Waals surface area contributed by atoms with Crippen LogP contribution in [0.3, 0.4) is 0 Å². The zero-order valence-electron chi connectivity index (χ0n) is 19.9. The molecule has 0 saturated heterocycles. The van der Waals surface area contributed by atoms with E-state index < -0.39 is 0 Å². The number of methoxy groups -OCH3 is 1. The van der Waals surface area contributed by atoms with E-state index in [4.69, 9.17) is 4.74 Å². The standard InChI is InChI=1S/C26H24BrN5O3S/c1-16-4-8-19(9-5-16)25-30-31-26(32(25)20-10-6-17(2)7-11-20)36-15-23(33)29-28-14-18-12-21(27)24(34)22(13-18)35-3/h4-14,34H,15H2,1-3H3,(H,29,33)/b28-14-. The molecule has 8 nitrogen and oxygen atoms in total. The van der Waals surface area contributed by atoms with Crippen LogP contribution >= 0.6 is 27.7 Å². The van der Waals surface area contributed by atoms with Crippen LogP contribution in [0.5, 0.6) is 11.5 Å². The van der Waals surface area contributed by atoms with Gasteiger partial charge in [0, 0.05) is 11.3 Å². The van der Waals surface area contributed by atoms with Crippen molar-refractivity contribution in [2.45, 2.75) is 19.0 Å². The predicted octanol–water partition coefficient (Wildman–Crippen LogP) is 5.27. The number of carbonyl (C=O) groups is 1. The lowest BCUT2D eigenvalue weighted by Crippen LogP contribution is -2.20. The molecule has 2 N–H and O–H groups in total. The summed E-state index contributed by atoms with van der Waals surface area (Å²) in [4.78, 5) is 12.5. The number of phenols is 1. The number of hydrazone groups is 1. The molecule has 10 heteroatoms. The minimum atomic E-state index is -0.295. The van der Waals surface area contributed by atoms with Gasteiger partial charge >= 0.3 is 0 Å². The first-order valence-electron chi connectivity index (χ1n) is 11.0. The van der Waals surface area contributed by atoms with Gasteiger partial charge in [-0.05, 0) is 59.6 Å². The second-order valence-corrected chi connectivity index (χ2v) is 9.78. The van der Waals surface area contributed by atoms with Crippen LogP contribution in [0, 0.1) is 13.8 Å². The summed E-state index contributed by atoms with van der Waals surface area (Å²) in [6.45, 7) is 4.07. The third-order valence-corrected chi connectivity index (χ3v) is 6.77. The van der Waals surface area contributed by atoms with Gasteiger partial charge in [0.05, 0.1) is 23.5 Å². The molecular weight excluding hydrogens is 542 g/mol. The molecular formula is C26H24BrN5O3S. The van der Waals surface area contributed by atoms with Crippen molar-refractivity contribution < 1.29 is 14.6 Å². The highest BCUT2D eigenvalue weighted by Gasteiger charge is 2.17. The van der Waals surface area contributed by atoms with E-state index >= 15 is 0 Å². The maximum Gasteiger partial charge on any atom is 0.250 e. The predicted molar refractivity (Wildman–Crippen MR) is 145 cm³/mol. The number of hydrogen-bond donors (Lipinski definition) is 2. The third kappa shape index (κ3) is 5.95. The van der Waals surface area contributed by atoms with Crippen molar-refractivity contribution in [2.24, 2.45) is 5.10 Å². The number of aryl methyl sites for hydroxylation is 2. The van der Waals surface area contributed by atoms with Crippen molar-refractivity contribution in [3.63, 3.8) is 0 Å². The number of nitrogens with one attached hydrogen (secondary N) is 1. The molecule has 4 aromatic rings. The summed E-state index contributed by atoms with van der Waals surface area (Å²) in [6, 6.07) is 19.4. The molecule has 1 aromatic heterocycles. The fourth-order valence-corrected chi connectivity index (χ4v) is 4.55. The molecule has 0 spiro atoms. The largest absolute Gasteiger partial charge is 0.503 e. The van der Waals surface area contributed by atoms with Gasteiger partial charge in [-0.25, -0.2) is 5.43 Å². The van der Waals surface area contributed by atoms with Crippen LogP contribution in [0.4, 0.5) is 0 Å². The van der Waals surface area contributed by atoms with E-state index in [-0.39, 0.29) is 17.4 Å². The van der Waals surface area contributed by atoms with Gasteiger partial charge in [-0.3, -0.25) is 9.36 Å². The lowest BCUT2D eigenvalue weighted by atomic mass is 10.1. The molecule has 0 unspecified atom stereocenters. The van der Waals surface area contributed by atoms with Gasteiger partial charge in [0.1, 0.15) is 0 Å². The van der Waals surface area contributed by atoms with E-state index in [2.05, 4.69) is 36.7 Å². The number of nitrogens with zero attached hydrogens (tertiary/aromatic N) is 4. The molecule has 0 aliphatic rings. The number of hydrogen-bond acceptors (Lipinski definition) is 7. The van der Waals surface area contributed by atoms with E-state index in [1.807, 2.05) is 66.9 Å². The van der Waals surface area contributed by atoms with Crippen molar-refractivity contribution in [1.82, 2.24) is 20.2 Å². The molecule has 0 bridgehead atoms. The van der Waals surface area contributed by atoms with Crippen molar-refractivity contribution >= 4 is 39.8 Å². The van der Waals surface area contributed by atoms with Crippen molar-refractivity contribution in [2.75, 3.05) is 12.9 Å². The summed E-state index contributed by atoms with van der Waals surface area (Å²) in [7, 11) is 1.46. The summed E-state index contributed by atoms with van der Waals surface area (Å²) in [5, 5.41) is 23.3. The van der Waals surface area contributed by atoms with E-state index in [0.29, 0.717) is 26.8 Å². The van der Waals surface area contributed by atoms with Crippen LogP contribution < -0.4 is 10.2 Å². The maximum atomic E-state index is 12.5. The van der Waals surface area contributed by atoms with Crippen LogP contribution in [0.1, 0.15) is 16.7 Å². The van der Waals surface area contributed by atoms with Gasteiger partial charge in [0.25, 0.3) is 5.91 Å². The molecule has 36 heavy (non-hydrogen) atoms. The zero-order chi connectivity index (χ0) is 25.7. The first-order valence-corrected chi connectivity index (χ1v) is 12.7. The molecule has 0 radical (unpaired) electrons. The van der Waals surface area contributed by atoms with Gasteiger partial charge in [0.2, 0.25) is 0 Å². The van der Waals surface area contributed by atoms with Crippen LogP contribution in [0.2, 0.25) is 0 Å². The first-order chi connectivity index (χ1) is 17.4. The first kappa shape index (κ1) is 25.5. The maximum absolute atomic E-state index is 12.5. The van der Waals surface area contributed by atoms with Crippen molar-refractivity contribution in [3.05, 3.63) is 81.8 Å². The average Bonchev–Trinajstić information content (AvgIpc) is 3.29. The van der Waals surface area contributed by atoms with Crippen molar-refractivity contribution in [1.29, 1.82) is 0 Å². The number of benzene rings is 3. The van der Waals surface area contributed by atoms with Crippen LogP contribution in [0.25, 0.3) is 17.1 Å². The second-order valence-electron chi connectivity index (χ2n) is 7.98. The van der Waals surface area contributed by atoms with Gasteiger partial charge in [-0.2, -0.15) is 5.10 Å². The van der Waals surface area contributed by atoms with E-state index in [1.54, 1.807) is 12.1 Å².